The van der Waals surface area contributed by atoms with Crippen LogP contribution in [0.15, 0.2) is 77.4 Å². The highest BCUT2D eigenvalue weighted by molar-refractivity contribution is 9.10. The molecule has 0 bridgehead atoms. The SMILES string of the molecule is Brc1ccc2c(ccn2[C@H]2C=CC[C@@H](COCc3ccccc3)O2)c1. The fourth-order valence-corrected chi connectivity index (χ4v) is 3.53. The zero-order chi connectivity index (χ0) is 17.1. The Kier molecular flexibility index (Phi) is 5.02. The first-order chi connectivity index (χ1) is 12.3. The molecule has 0 radical (unpaired) electrons. The van der Waals surface area contributed by atoms with Gasteiger partial charge in [-0.1, -0.05) is 52.3 Å². The molecule has 128 valence electrons. The zero-order valence-corrected chi connectivity index (χ0v) is 15.4. The molecule has 0 N–H and O–H groups in total. The van der Waals surface area contributed by atoms with Gasteiger partial charge in [-0.3, -0.25) is 0 Å². The van der Waals surface area contributed by atoms with E-state index in [0.717, 1.165) is 10.9 Å². The minimum atomic E-state index is -0.0854. The molecule has 4 heteroatoms. The lowest BCUT2D eigenvalue weighted by Gasteiger charge is -2.27. The van der Waals surface area contributed by atoms with E-state index in [1.165, 1.54) is 16.5 Å². The number of fused-ring (bicyclic) bond motifs is 1. The Morgan fingerprint density at radius 3 is 2.88 bits per heavy atom. The number of hydrogen-bond acceptors (Lipinski definition) is 2. The van der Waals surface area contributed by atoms with Crippen molar-refractivity contribution in [1.29, 1.82) is 0 Å². The van der Waals surface area contributed by atoms with Gasteiger partial charge in [0.1, 0.15) is 0 Å². The molecular formula is C21H20BrNO2. The molecule has 0 saturated carbocycles. The van der Waals surface area contributed by atoms with Crippen molar-refractivity contribution in [3.8, 4) is 0 Å². The van der Waals surface area contributed by atoms with E-state index in [0.29, 0.717) is 13.2 Å². The van der Waals surface area contributed by atoms with Crippen LogP contribution in [0.1, 0.15) is 18.2 Å². The van der Waals surface area contributed by atoms with Crippen LogP contribution >= 0.6 is 15.9 Å². The molecule has 0 fully saturated rings. The third-order valence-electron chi connectivity index (χ3n) is 4.40. The summed E-state index contributed by atoms with van der Waals surface area (Å²) in [7, 11) is 0. The van der Waals surface area contributed by atoms with Crippen LogP contribution in [-0.4, -0.2) is 17.3 Å². The van der Waals surface area contributed by atoms with Gasteiger partial charge in [0.25, 0.3) is 0 Å². The maximum atomic E-state index is 6.25. The van der Waals surface area contributed by atoms with Crippen molar-refractivity contribution in [2.45, 2.75) is 25.4 Å². The molecule has 2 aromatic carbocycles. The number of hydrogen-bond donors (Lipinski definition) is 0. The lowest BCUT2D eigenvalue weighted by Crippen LogP contribution is -2.26. The van der Waals surface area contributed by atoms with E-state index >= 15 is 0 Å². The quantitative estimate of drug-likeness (QED) is 0.533. The average Bonchev–Trinajstić information content (AvgIpc) is 3.06. The van der Waals surface area contributed by atoms with Gasteiger partial charge in [-0.05, 0) is 42.3 Å². The Morgan fingerprint density at radius 2 is 2.00 bits per heavy atom. The van der Waals surface area contributed by atoms with Crippen molar-refractivity contribution < 1.29 is 9.47 Å². The Bertz CT molecular complexity index is 872. The Morgan fingerprint density at radius 1 is 1.12 bits per heavy atom. The Labute approximate surface area is 156 Å². The molecule has 4 rings (SSSR count). The average molecular weight is 398 g/mol. The molecule has 1 aliphatic rings. The summed E-state index contributed by atoms with van der Waals surface area (Å²) in [6.45, 7) is 1.22. The number of halogens is 1. The largest absolute Gasteiger partial charge is 0.374 e. The number of ether oxygens (including phenoxy) is 2. The van der Waals surface area contributed by atoms with Gasteiger partial charge in [0.2, 0.25) is 0 Å². The first-order valence-corrected chi connectivity index (χ1v) is 9.29. The molecule has 0 unspecified atom stereocenters. The molecule has 0 saturated heterocycles. The topological polar surface area (TPSA) is 23.4 Å². The maximum absolute atomic E-state index is 6.25. The molecule has 3 nitrogen and oxygen atoms in total. The molecule has 0 amide bonds. The Balaban J connectivity index is 1.40. The summed E-state index contributed by atoms with van der Waals surface area (Å²) in [5, 5.41) is 1.20. The van der Waals surface area contributed by atoms with Gasteiger partial charge in [-0.15, -0.1) is 0 Å². The molecule has 0 spiro atoms. The number of rotatable bonds is 5. The van der Waals surface area contributed by atoms with Crippen molar-refractivity contribution in [2.24, 2.45) is 0 Å². The van der Waals surface area contributed by atoms with Gasteiger partial charge >= 0.3 is 0 Å². The minimum Gasteiger partial charge on any atom is -0.374 e. The van der Waals surface area contributed by atoms with Gasteiger partial charge in [0.15, 0.2) is 6.23 Å². The third kappa shape index (κ3) is 3.87. The van der Waals surface area contributed by atoms with Gasteiger partial charge in [0, 0.05) is 16.1 Å². The molecule has 3 aromatic rings. The van der Waals surface area contributed by atoms with Crippen LogP contribution in [0.2, 0.25) is 0 Å². The molecular weight excluding hydrogens is 378 g/mol. The van der Waals surface area contributed by atoms with E-state index < -0.39 is 0 Å². The summed E-state index contributed by atoms with van der Waals surface area (Å²) in [6.07, 6.45) is 7.27. The number of benzene rings is 2. The van der Waals surface area contributed by atoms with E-state index in [4.69, 9.17) is 9.47 Å². The molecule has 0 aliphatic carbocycles. The van der Waals surface area contributed by atoms with E-state index in [1.807, 2.05) is 18.2 Å². The van der Waals surface area contributed by atoms with Crippen LogP contribution in [0.25, 0.3) is 10.9 Å². The van der Waals surface area contributed by atoms with E-state index in [9.17, 15) is 0 Å². The van der Waals surface area contributed by atoms with Crippen LogP contribution in [-0.2, 0) is 16.1 Å². The van der Waals surface area contributed by atoms with E-state index in [2.05, 4.69) is 75.2 Å². The van der Waals surface area contributed by atoms with Crippen LogP contribution in [0, 0.1) is 0 Å². The Hall–Kier alpha value is -1.88. The van der Waals surface area contributed by atoms with E-state index in [-0.39, 0.29) is 12.3 Å². The first-order valence-electron chi connectivity index (χ1n) is 8.49. The normalized spacial score (nSPS) is 20.2. The summed E-state index contributed by atoms with van der Waals surface area (Å²) >= 11 is 3.52. The second kappa shape index (κ2) is 7.56. The third-order valence-corrected chi connectivity index (χ3v) is 4.90. The molecule has 2 atom stereocenters. The van der Waals surface area contributed by atoms with Gasteiger partial charge in [-0.25, -0.2) is 0 Å². The summed E-state index contributed by atoms with van der Waals surface area (Å²) < 4.78 is 15.4. The standard InChI is InChI=1S/C21H20BrNO2/c22-18-9-10-20-17(13-18)11-12-23(20)21-8-4-7-19(25-21)15-24-14-16-5-2-1-3-6-16/h1-6,8-13,19,21H,7,14-15H2/t19-,21+/m0/s1. The monoisotopic (exact) mass is 397 g/mol. The zero-order valence-electron chi connectivity index (χ0n) is 13.8. The van der Waals surface area contributed by atoms with Crippen LogP contribution in [0.3, 0.4) is 0 Å². The molecule has 1 aliphatic heterocycles. The number of nitrogens with zero attached hydrogens (tertiary/aromatic N) is 1. The van der Waals surface area contributed by atoms with Crippen molar-refractivity contribution in [2.75, 3.05) is 6.61 Å². The van der Waals surface area contributed by atoms with Crippen LogP contribution in [0.4, 0.5) is 0 Å². The fraction of sp³-hybridized carbons (Fsp3) is 0.238. The van der Waals surface area contributed by atoms with Crippen molar-refractivity contribution in [1.82, 2.24) is 4.57 Å². The predicted octanol–water partition coefficient (Wildman–Crippen LogP) is 5.46. The second-order valence-electron chi connectivity index (χ2n) is 6.24. The molecule has 1 aromatic heterocycles. The molecule has 25 heavy (non-hydrogen) atoms. The highest BCUT2D eigenvalue weighted by Gasteiger charge is 2.20. The van der Waals surface area contributed by atoms with Crippen molar-refractivity contribution in [3.05, 3.63) is 83.0 Å². The highest BCUT2D eigenvalue weighted by atomic mass is 79.9. The summed E-state index contributed by atoms with van der Waals surface area (Å²) in [6, 6.07) is 18.7. The number of aromatic nitrogens is 1. The lowest BCUT2D eigenvalue weighted by molar-refractivity contribution is -0.0734. The minimum absolute atomic E-state index is 0.0756. The summed E-state index contributed by atoms with van der Waals surface area (Å²) in [4.78, 5) is 0. The van der Waals surface area contributed by atoms with E-state index in [1.54, 1.807) is 0 Å². The summed E-state index contributed by atoms with van der Waals surface area (Å²) in [5.74, 6) is 0. The smallest absolute Gasteiger partial charge is 0.153 e. The maximum Gasteiger partial charge on any atom is 0.153 e. The van der Waals surface area contributed by atoms with Crippen molar-refractivity contribution >= 4 is 26.8 Å². The molecule has 2 heterocycles. The summed E-state index contributed by atoms with van der Waals surface area (Å²) in [5.41, 5.74) is 2.36. The van der Waals surface area contributed by atoms with Crippen molar-refractivity contribution in [3.63, 3.8) is 0 Å². The van der Waals surface area contributed by atoms with Crippen LogP contribution < -0.4 is 0 Å². The van der Waals surface area contributed by atoms with Gasteiger partial charge < -0.3 is 14.0 Å². The fourth-order valence-electron chi connectivity index (χ4n) is 3.15. The predicted molar refractivity (Wildman–Crippen MR) is 103 cm³/mol. The second-order valence-corrected chi connectivity index (χ2v) is 7.16. The van der Waals surface area contributed by atoms with Crippen LogP contribution in [0.5, 0.6) is 0 Å². The van der Waals surface area contributed by atoms with Gasteiger partial charge in [-0.2, -0.15) is 0 Å². The van der Waals surface area contributed by atoms with Gasteiger partial charge in [0.05, 0.1) is 24.8 Å². The lowest BCUT2D eigenvalue weighted by atomic mass is 10.2. The first kappa shape index (κ1) is 16.6. The highest BCUT2D eigenvalue weighted by Crippen LogP contribution is 2.28.